The number of nitrogens with one attached hydrogen (secondary N) is 1. The van der Waals surface area contributed by atoms with Crippen molar-refractivity contribution in [2.45, 2.75) is 38.0 Å². The highest BCUT2D eigenvalue weighted by molar-refractivity contribution is 6.31. The van der Waals surface area contributed by atoms with Crippen LogP contribution >= 0.6 is 11.6 Å². The first kappa shape index (κ1) is 19.4. The first-order valence-electron chi connectivity index (χ1n) is 8.11. The summed E-state index contributed by atoms with van der Waals surface area (Å²) in [7, 11) is 0. The van der Waals surface area contributed by atoms with Crippen LogP contribution < -0.4 is 11.0 Å². The second-order valence-corrected chi connectivity index (χ2v) is 6.62. The summed E-state index contributed by atoms with van der Waals surface area (Å²) in [6.07, 6.45) is -3.78. The number of carbonyl (C=O) groups is 1. The van der Waals surface area contributed by atoms with Crippen LogP contribution in [-0.2, 0) is 17.9 Å². The van der Waals surface area contributed by atoms with Crippen molar-refractivity contribution in [1.82, 2.24) is 19.7 Å². The Labute approximate surface area is 155 Å². The minimum atomic E-state index is -4.53. The molecule has 1 aromatic heterocycles. The fraction of sp³-hybridized carbons (Fsp3) is 0.438. The Morgan fingerprint density at radius 3 is 2.78 bits per heavy atom. The summed E-state index contributed by atoms with van der Waals surface area (Å²) in [4.78, 5) is 24.7. The van der Waals surface area contributed by atoms with Crippen LogP contribution in [0.25, 0.3) is 0 Å². The molecule has 2 heterocycles. The smallest absolute Gasteiger partial charge is 0.346 e. The molecule has 0 aliphatic carbocycles. The predicted molar refractivity (Wildman–Crippen MR) is 88.0 cm³/mol. The summed E-state index contributed by atoms with van der Waals surface area (Å²) in [5, 5.41) is 6.08. The summed E-state index contributed by atoms with van der Waals surface area (Å²) in [5.74, 6) is -2.19. The van der Waals surface area contributed by atoms with Gasteiger partial charge < -0.3 is 5.32 Å². The van der Waals surface area contributed by atoms with Crippen LogP contribution in [0.15, 0.2) is 23.0 Å². The van der Waals surface area contributed by atoms with E-state index in [4.69, 9.17) is 11.6 Å². The second kappa shape index (κ2) is 7.34. The normalized spacial score (nSPS) is 16.9. The molecule has 0 saturated heterocycles. The molecule has 0 radical (unpaired) electrons. The van der Waals surface area contributed by atoms with Gasteiger partial charge in [0, 0.05) is 11.6 Å². The molecule has 3 rings (SSSR count). The van der Waals surface area contributed by atoms with Gasteiger partial charge >= 0.3 is 11.9 Å². The molecule has 0 fully saturated rings. The number of carbonyl (C=O) groups excluding carboxylic acids is 1. The zero-order chi connectivity index (χ0) is 19.8. The third kappa shape index (κ3) is 4.32. The third-order valence-electron chi connectivity index (χ3n) is 4.25. The van der Waals surface area contributed by atoms with Gasteiger partial charge in [-0.05, 0) is 30.5 Å². The summed E-state index contributed by atoms with van der Waals surface area (Å²) < 4.78 is 52.5. The largest absolute Gasteiger partial charge is 0.405 e. The average molecular weight is 407 g/mol. The first-order chi connectivity index (χ1) is 12.7. The van der Waals surface area contributed by atoms with E-state index < -0.39 is 36.1 Å². The topological polar surface area (TPSA) is 68.9 Å². The van der Waals surface area contributed by atoms with Gasteiger partial charge in [-0.3, -0.25) is 9.36 Å². The van der Waals surface area contributed by atoms with Gasteiger partial charge in [-0.25, -0.2) is 13.9 Å². The molecule has 146 valence electrons. The number of benzene rings is 1. The molecule has 0 saturated carbocycles. The van der Waals surface area contributed by atoms with E-state index in [1.165, 1.54) is 16.7 Å². The van der Waals surface area contributed by atoms with E-state index in [2.05, 4.69) is 5.10 Å². The van der Waals surface area contributed by atoms with Crippen LogP contribution in [0, 0.1) is 5.82 Å². The van der Waals surface area contributed by atoms with Crippen LogP contribution in [0.2, 0.25) is 5.02 Å². The maximum Gasteiger partial charge on any atom is 0.405 e. The lowest BCUT2D eigenvalue weighted by Gasteiger charge is -2.21. The number of nitrogens with zero attached hydrogens (tertiary/aromatic N) is 3. The lowest BCUT2D eigenvalue weighted by atomic mass is 9.98. The van der Waals surface area contributed by atoms with E-state index >= 15 is 0 Å². The SMILES string of the molecule is O=C(NCC(F)(F)F)C1CCCn2c1nn(Cc1ccc(F)cc1Cl)c2=O. The molecule has 1 amide bonds. The molecule has 27 heavy (non-hydrogen) atoms. The predicted octanol–water partition coefficient (Wildman–Crippen LogP) is 2.44. The molecule has 11 heteroatoms. The van der Waals surface area contributed by atoms with Gasteiger partial charge in [-0.15, -0.1) is 0 Å². The molecule has 1 aliphatic rings. The van der Waals surface area contributed by atoms with E-state index in [1.54, 1.807) is 0 Å². The van der Waals surface area contributed by atoms with Gasteiger partial charge in [0.05, 0.1) is 12.5 Å². The van der Waals surface area contributed by atoms with Crippen LogP contribution in [0.3, 0.4) is 0 Å². The fourth-order valence-corrected chi connectivity index (χ4v) is 3.21. The Hall–Kier alpha value is -2.36. The standard InChI is InChI=1S/C16H15ClF4N4O2/c17-12-6-10(18)4-3-9(12)7-25-15(27)24-5-1-2-11(13(24)23-25)14(26)22-8-16(19,20)21/h3-4,6,11H,1-2,5,7-8H2,(H,22,26). The van der Waals surface area contributed by atoms with Crippen molar-refractivity contribution in [3.63, 3.8) is 0 Å². The summed E-state index contributed by atoms with van der Waals surface area (Å²) in [6, 6.07) is 3.71. The van der Waals surface area contributed by atoms with E-state index in [1.807, 2.05) is 5.32 Å². The molecular weight excluding hydrogens is 392 g/mol. The Kier molecular flexibility index (Phi) is 5.27. The molecule has 2 aromatic rings. The molecular formula is C16H15ClF4N4O2. The maximum absolute atomic E-state index is 13.2. The molecule has 1 aromatic carbocycles. The van der Waals surface area contributed by atoms with Gasteiger partial charge in [0.15, 0.2) is 0 Å². The number of rotatable bonds is 4. The molecule has 0 spiro atoms. The van der Waals surface area contributed by atoms with Crippen LogP contribution in [0.4, 0.5) is 17.6 Å². The lowest BCUT2D eigenvalue weighted by Crippen LogP contribution is -2.39. The third-order valence-corrected chi connectivity index (χ3v) is 4.60. The van der Waals surface area contributed by atoms with Crippen molar-refractivity contribution in [3.8, 4) is 0 Å². The quantitative estimate of drug-likeness (QED) is 0.793. The zero-order valence-corrected chi connectivity index (χ0v) is 14.6. The van der Waals surface area contributed by atoms with Gasteiger partial charge in [-0.1, -0.05) is 17.7 Å². The Morgan fingerprint density at radius 1 is 1.37 bits per heavy atom. The van der Waals surface area contributed by atoms with Crippen molar-refractivity contribution >= 4 is 17.5 Å². The van der Waals surface area contributed by atoms with Crippen molar-refractivity contribution in [2.24, 2.45) is 0 Å². The van der Waals surface area contributed by atoms with E-state index in [0.717, 1.165) is 10.7 Å². The summed E-state index contributed by atoms with van der Waals surface area (Å²) in [6.45, 7) is -1.18. The van der Waals surface area contributed by atoms with Crippen molar-refractivity contribution in [1.29, 1.82) is 0 Å². The number of alkyl halides is 3. The number of aromatic nitrogens is 3. The van der Waals surface area contributed by atoms with Crippen molar-refractivity contribution in [3.05, 3.63) is 50.9 Å². The molecule has 1 aliphatic heterocycles. The summed E-state index contributed by atoms with van der Waals surface area (Å²) >= 11 is 5.96. The van der Waals surface area contributed by atoms with Gasteiger partial charge in [-0.2, -0.15) is 18.3 Å². The minimum absolute atomic E-state index is 0.0468. The van der Waals surface area contributed by atoms with Crippen LogP contribution in [-0.4, -0.2) is 33.0 Å². The highest BCUT2D eigenvalue weighted by atomic mass is 35.5. The Morgan fingerprint density at radius 2 is 2.11 bits per heavy atom. The van der Waals surface area contributed by atoms with Gasteiger partial charge in [0.1, 0.15) is 18.2 Å². The number of hydrogen-bond acceptors (Lipinski definition) is 3. The molecule has 1 atom stereocenters. The highest BCUT2D eigenvalue weighted by Crippen LogP contribution is 2.25. The van der Waals surface area contributed by atoms with E-state index in [0.29, 0.717) is 18.5 Å². The minimum Gasteiger partial charge on any atom is -0.346 e. The maximum atomic E-state index is 13.2. The second-order valence-electron chi connectivity index (χ2n) is 6.21. The number of amides is 1. The fourth-order valence-electron chi connectivity index (χ4n) is 2.98. The van der Waals surface area contributed by atoms with Crippen LogP contribution in [0.5, 0.6) is 0 Å². The number of hydrogen-bond donors (Lipinski definition) is 1. The summed E-state index contributed by atoms with van der Waals surface area (Å²) in [5.41, 5.74) is -0.0487. The molecule has 1 unspecified atom stereocenters. The van der Waals surface area contributed by atoms with Crippen molar-refractivity contribution in [2.75, 3.05) is 6.54 Å². The monoisotopic (exact) mass is 406 g/mol. The Balaban J connectivity index is 1.85. The number of fused-ring (bicyclic) bond motifs is 1. The lowest BCUT2D eigenvalue weighted by molar-refractivity contribution is -0.139. The van der Waals surface area contributed by atoms with Gasteiger partial charge in [0.2, 0.25) is 5.91 Å². The van der Waals surface area contributed by atoms with Crippen molar-refractivity contribution < 1.29 is 22.4 Å². The van der Waals surface area contributed by atoms with E-state index in [-0.39, 0.29) is 23.8 Å². The Bertz CT molecular complexity index is 922. The van der Waals surface area contributed by atoms with Crippen LogP contribution in [0.1, 0.15) is 30.1 Å². The van der Waals surface area contributed by atoms with Gasteiger partial charge in [0.25, 0.3) is 0 Å². The molecule has 1 N–H and O–H groups in total. The van der Waals surface area contributed by atoms with E-state index in [9.17, 15) is 27.2 Å². The number of halogens is 5. The molecule has 0 bridgehead atoms. The zero-order valence-electron chi connectivity index (χ0n) is 13.9. The first-order valence-corrected chi connectivity index (χ1v) is 8.49. The molecule has 6 nitrogen and oxygen atoms in total. The highest BCUT2D eigenvalue weighted by Gasteiger charge is 2.34. The average Bonchev–Trinajstić information content (AvgIpc) is 2.91.